The third-order valence-electron chi connectivity index (χ3n) is 5.08. The fraction of sp³-hybridized carbons (Fsp3) is 0.867. The van der Waals surface area contributed by atoms with Crippen LogP contribution in [-0.4, -0.2) is 60.8 Å². The summed E-state index contributed by atoms with van der Waals surface area (Å²) >= 11 is 0. The maximum atomic E-state index is 12.9. The lowest BCUT2D eigenvalue weighted by atomic mass is 9.80. The number of carbonyl (C=O) groups is 2. The maximum Gasteiger partial charge on any atom is 0.249 e. The molecule has 5 nitrogen and oxygen atoms in total. The normalized spacial score (nSPS) is 32.7. The Morgan fingerprint density at radius 2 is 1.17 bits per heavy atom. The Hall–Kier alpha value is -1.38. The summed E-state index contributed by atoms with van der Waals surface area (Å²) < 4.78 is 51.5. The zero-order valence-corrected chi connectivity index (χ0v) is 13.3. The van der Waals surface area contributed by atoms with E-state index >= 15 is 0 Å². The number of alkyl halides is 4. The number of nitrogens with one attached hydrogen (secondary N) is 2. The van der Waals surface area contributed by atoms with Gasteiger partial charge in [-0.25, -0.2) is 17.6 Å². The minimum atomic E-state index is -2.77. The third-order valence-corrected chi connectivity index (χ3v) is 5.08. The predicted octanol–water partition coefficient (Wildman–Crippen LogP) is 0.992. The zero-order chi connectivity index (χ0) is 17.7. The van der Waals surface area contributed by atoms with Gasteiger partial charge in [-0.05, 0) is 7.05 Å². The number of halogens is 4. The molecule has 0 aromatic heterocycles. The molecular formula is C15H21F4N3O2. The Labute approximate surface area is 137 Å². The minimum absolute atomic E-state index is 0.402. The second-order valence-electron chi connectivity index (χ2n) is 7.37. The number of likely N-dealkylation sites (tertiary alicyclic amines) is 1. The van der Waals surface area contributed by atoms with Crippen molar-refractivity contribution in [3.05, 3.63) is 0 Å². The SMILES string of the molecule is CN1CC(NC(=O)C2CC(F)(F)C2)C(NC(=O)C2CC(F)(F)C2)C1. The van der Waals surface area contributed by atoms with E-state index in [1.54, 1.807) is 7.05 Å². The lowest BCUT2D eigenvalue weighted by Crippen LogP contribution is -2.56. The van der Waals surface area contributed by atoms with E-state index in [0.717, 1.165) is 0 Å². The van der Waals surface area contributed by atoms with Crippen LogP contribution < -0.4 is 10.6 Å². The van der Waals surface area contributed by atoms with Gasteiger partial charge < -0.3 is 15.5 Å². The van der Waals surface area contributed by atoms with Crippen molar-refractivity contribution in [3.8, 4) is 0 Å². The molecule has 1 saturated heterocycles. The first-order valence-electron chi connectivity index (χ1n) is 8.10. The molecular weight excluding hydrogens is 330 g/mol. The van der Waals surface area contributed by atoms with Gasteiger partial charge in [-0.2, -0.15) is 0 Å². The zero-order valence-electron chi connectivity index (χ0n) is 13.3. The molecule has 9 heteroatoms. The van der Waals surface area contributed by atoms with Crippen LogP contribution in [0.1, 0.15) is 25.7 Å². The topological polar surface area (TPSA) is 61.4 Å². The van der Waals surface area contributed by atoms with Crippen LogP contribution in [0.3, 0.4) is 0 Å². The number of carbonyl (C=O) groups excluding carboxylic acids is 2. The van der Waals surface area contributed by atoms with Crippen molar-refractivity contribution in [1.29, 1.82) is 0 Å². The highest BCUT2D eigenvalue weighted by molar-refractivity contribution is 5.82. The Balaban J connectivity index is 1.51. The Morgan fingerprint density at radius 1 is 0.833 bits per heavy atom. The number of hydrogen-bond acceptors (Lipinski definition) is 3. The highest BCUT2D eigenvalue weighted by Gasteiger charge is 2.51. The van der Waals surface area contributed by atoms with Gasteiger partial charge in [-0.15, -0.1) is 0 Å². The van der Waals surface area contributed by atoms with Crippen LogP contribution >= 0.6 is 0 Å². The summed E-state index contributed by atoms with van der Waals surface area (Å²) in [6.45, 7) is 0.946. The summed E-state index contributed by atoms with van der Waals surface area (Å²) in [5.41, 5.74) is 0. The van der Waals surface area contributed by atoms with E-state index in [4.69, 9.17) is 0 Å². The van der Waals surface area contributed by atoms with E-state index in [-0.39, 0.29) is 0 Å². The summed E-state index contributed by atoms with van der Waals surface area (Å²) in [6, 6.07) is -0.803. The van der Waals surface area contributed by atoms with E-state index in [1.165, 1.54) is 0 Å². The van der Waals surface area contributed by atoms with Crippen molar-refractivity contribution >= 4 is 11.8 Å². The molecule has 2 unspecified atom stereocenters. The van der Waals surface area contributed by atoms with E-state index in [2.05, 4.69) is 10.6 Å². The van der Waals surface area contributed by atoms with Crippen LogP contribution in [0.25, 0.3) is 0 Å². The summed E-state index contributed by atoms with van der Waals surface area (Å²) in [4.78, 5) is 25.9. The van der Waals surface area contributed by atoms with Gasteiger partial charge >= 0.3 is 0 Å². The predicted molar refractivity (Wildman–Crippen MR) is 76.7 cm³/mol. The Morgan fingerprint density at radius 3 is 1.46 bits per heavy atom. The maximum absolute atomic E-state index is 12.9. The molecule has 2 N–H and O–H groups in total. The van der Waals surface area contributed by atoms with Gasteiger partial charge in [0.1, 0.15) is 0 Å². The largest absolute Gasteiger partial charge is 0.350 e. The summed E-state index contributed by atoms with van der Waals surface area (Å²) in [5, 5.41) is 5.44. The van der Waals surface area contributed by atoms with E-state index in [9.17, 15) is 27.2 Å². The lowest BCUT2D eigenvalue weighted by Gasteiger charge is -2.36. The van der Waals surface area contributed by atoms with Gasteiger partial charge in [0.2, 0.25) is 23.7 Å². The number of hydrogen-bond donors (Lipinski definition) is 2. The molecule has 2 aliphatic carbocycles. The summed E-state index contributed by atoms with van der Waals surface area (Å²) in [5.74, 6) is -7.80. The van der Waals surface area contributed by atoms with Crippen LogP contribution in [-0.2, 0) is 9.59 Å². The smallest absolute Gasteiger partial charge is 0.249 e. The molecule has 1 aliphatic heterocycles. The van der Waals surface area contributed by atoms with Crippen LogP contribution in [0.4, 0.5) is 17.6 Å². The summed E-state index contributed by atoms with van der Waals surface area (Å²) in [7, 11) is 1.81. The van der Waals surface area contributed by atoms with Gasteiger partial charge in [-0.1, -0.05) is 0 Å². The molecule has 1 heterocycles. The van der Waals surface area contributed by atoms with Gasteiger partial charge in [0.05, 0.1) is 12.1 Å². The lowest BCUT2D eigenvalue weighted by molar-refractivity contribution is -0.152. The fourth-order valence-electron chi connectivity index (χ4n) is 3.59. The average molecular weight is 351 g/mol. The highest BCUT2D eigenvalue weighted by Crippen LogP contribution is 2.43. The molecule has 2 saturated carbocycles. The first kappa shape index (κ1) is 17.4. The standard InChI is InChI=1S/C15H21F4N3O2/c1-22-6-10(20-12(23)8-2-14(16,17)3-8)11(7-22)21-13(24)9-4-15(18,19)5-9/h8-11H,2-7H2,1H3,(H,20,23)(H,21,24). The molecule has 3 aliphatic rings. The first-order chi connectivity index (χ1) is 11.0. The quantitative estimate of drug-likeness (QED) is 0.743. The van der Waals surface area contributed by atoms with Gasteiger partial charge in [0.15, 0.2) is 0 Å². The van der Waals surface area contributed by atoms with Gasteiger partial charge in [-0.3, -0.25) is 9.59 Å². The van der Waals surface area contributed by atoms with Crippen molar-refractivity contribution in [1.82, 2.24) is 15.5 Å². The molecule has 136 valence electrons. The number of amides is 2. The molecule has 3 fully saturated rings. The fourth-order valence-corrected chi connectivity index (χ4v) is 3.59. The average Bonchev–Trinajstić information content (AvgIpc) is 2.72. The molecule has 0 aromatic rings. The molecule has 0 bridgehead atoms. The Bertz CT molecular complexity index is 481. The van der Waals surface area contributed by atoms with Crippen molar-refractivity contribution in [2.45, 2.75) is 49.6 Å². The summed E-state index contributed by atoms with van der Waals surface area (Å²) in [6.07, 6.45) is -1.80. The van der Waals surface area contributed by atoms with Crippen molar-refractivity contribution in [3.63, 3.8) is 0 Å². The molecule has 2 atom stereocenters. The van der Waals surface area contributed by atoms with Crippen LogP contribution in [0.5, 0.6) is 0 Å². The Kier molecular flexibility index (Phi) is 4.26. The molecule has 0 aromatic carbocycles. The second-order valence-corrected chi connectivity index (χ2v) is 7.37. The van der Waals surface area contributed by atoms with Crippen LogP contribution in [0, 0.1) is 11.8 Å². The molecule has 0 radical (unpaired) electrons. The number of likely N-dealkylation sites (N-methyl/N-ethyl adjacent to an activating group) is 1. The monoisotopic (exact) mass is 351 g/mol. The van der Waals surface area contributed by atoms with Crippen molar-refractivity contribution in [2.24, 2.45) is 11.8 Å². The van der Waals surface area contributed by atoms with E-state index in [1.807, 2.05) is 4.90 Å². The molecule has 3 rings (SSSR count). The first-order valence-corrected chi connectivity index (χ1v) is 8.10. The molecule has 0 spiro atoms. The second kappa shape index (κ2) is 5.86. The number of rotatable bonds is 4. The van der Waals surface area contributed by atoms with Crippen molar-refractivity contribution < 1.29 is 27.2 Å². The van der Waals surface area contributed by atoms with Crippen molar-refractivity contribution in [2.75, 3.05) is 20.1 Å². The van der Waals surface area contributed by atoms with E-state index in [0.29, 0.717) is 13.1 Å². The third kappa shape index (κ3) is 3.65. The minimum Gasteiger partial charge on any atom is -0.350 e. The molecule has 2 amide bonds. The van der Waals surface area contributed by atoms with Crippen LogP contribution in [0.15, 0.2) is 0 Å². The van der Waals surface area contributed by atoms with Crippen LogP contribution in [0.2, 0.25) is 0 Å². The highest BCUT2D eigenvalue weighted by atomic mass is 19.3. The van der Waals surface area contributed by atoms with E-state index < -0.39 is 73.3 Å². The van der Waals surface area contributed by atoms with Gasteiger partial charge in [0.25, 0.3) is 0 Å². The molecule has 24 heavy (non-hydrogen) atoms. The number of nitrogens with zero attached hydrogens (tertiary/aromatic N) is 1. The van der Waals surface area contributed by atoms with Gasteiger partial charge in [0, 0.05) is 50.6 Å².